The van der Waals surface area contributed by atoms with Crippen LogP contribution in [-0.4, -0.2) is 53.4 Å². The number of piperidine rings is 1. The molecule has 2 heterocycles. The van der Waals surface area contributed by atoms with Gasteiger partial charge < -0.3 is 9.80 Å². The van der Waals surface area contributed by atoms with Crippen molar-refractivity contribution in [2.75, 3.05) is 26.7 Å². The van der Waals surface area contributed by atoms with Crippen LogP contribution in [0.1, 0.15) is 30.4 Å². The summed E-state index contributed by atoms with van der Waals surface area (Å²) >= 11 is 0. The van der Waals surface area contributed by atoms with Crippen LogP contribution in [0.15, 0.2) is 54.9 Å². The molecule has 3 rings (SSSR count). The van der Waals surface area contributed by atoms with E-state index < -0.39 is 0 Å². The third-order valence-electron chi connectivity index (χ3n) is 5.36. The number of hydrogen-bond donors (Lipinski definition) is 0. The minimum Gasteiger partial charge on any atom is -0.341 e. The summed E-state index contributed by atoms with van der Waals surface area (Å²) in [4.78, 5) is 21.1. The molecule has 138 valence electrons. The zero-order valence-electron chi connectivity index (χ0n) is 15.7. The van der Waals surface area contributed by atoms with Gasteiger partial charge in [0.15, 0.2) is 0 Å². The van der Waals surface area contributed by atoms with E-state index in [2.05, 4.69) is 40.2 Å². The highest BCUT2D eigenvalue weighted by molar-refractivity contribution is 5.76. The summed E-state index contributed by atoms with van der Waals surface area (Å²) in [7, 11) is 1.97. The van der Waals surface area contributed by atoms with E-state index in [0.717, 1.165) is 38.9 Å². The summed E-state index contributed by atoms with van der Waals surface area (Å²) in [5.41, 5.74) is 2.56. The highest BCUT2D eigenvalue weighted by Crippen LogP contribution is 2.17. The lowest BCUT2D eigenvalue weighted by Gasteiger charge is -2.37. The molecule has 26 heavy (non-hydrogen) atoms. The van der Waals surface area contributed by atoms with Gasteiger partial charge in [0.1, 0.15) is 0 Å². The summed E-state index contributed by atoms with van der Waals surface area (Å²) in [6, 6.07) is 15.0. The zero-order chi connectivity index (χ0) is 18.2. The molecule has 0 N–H and O–H groups in total. The van der Waals surface area contributed by atoms with Gasteiger partial charge >= 0.3 is 0 Å². The number of likely N-dealkylation sites (N-methyl/N-ethyl adjacent to an activating group) is 1. The van der Waals surface area contributed by atoms with Gasteiger partial charge in [-0.3, -0.25) is 9.78 Å². The first-order chi connectivity index (χ1) is 12.7. The van der Waals surface area contributed by atoms with Crippen LogP contribution in [0.4, 0.5) is 0 Å². The largest absolute Gasteiger partial charge is 0.341 e. The number of carbonyl (C=O) groups excluding carboxylic acids is 1. The maximum Gasteiger partial charge on any atom is 0.222 e. The molecule has 0 saturated carbocycles. The van der Waals surface area contributed by atoms with Crippen LogP contribution < -0.4 is 0 Å². The molecule has 1 aromatic heterocycles. The maximum atomic E-state index is 12.6. The fourth-order valence-electron chi connectivity index (χ4n) is 3.66. The topological polar surface area (TPSA) is 36.4 Å². The summed E-state index contributed by atoms with van der Waals surface area (Å²) < 4.78 is 0. The predicted octanol–water partition coefficient (Wildman–Crippen LogP) is 3.18. The van der Waals surface area contributed by atoms with Crippen LogP contribution in [0.5, 0.6) is 0 Å². The average molecular weight is 351 g/mol. The van der Waals surface area contributed by atoms with Crippen LogP contribution in [-0.2, 0) is 17.6 Å². The second-order valence-corrected chi connectivity index (χ2v) is 7.19. The molecular formula is C22H29N3O. The minimum absolute atomic E-state index is 0.247. The number of likely N-dealkylation sites (tertiary alicyclic amines) is 1. The summed E-state index contributed by atoms with van der Waals surface area (Å²) in [6.45, 7) is 3.20. The number of carbonyl (C=O) groups is 1. The fraction of sp³-hybridized carbons (Fsp3) is 0.455. The van der Waals surface area contributed by atoms with E-state index in [1.807, 2.05) is 24.1 Å². The van der Waals surface area contributed by atoms with Crippen molar-refractivity contribution >= 4 is 5.91 Å². The Morgan fingerprint density at radius 1 is 1.12 bits per heavy atom. The normalized spacial score (nSPS) is 17.8. The first-order valence-corrected chi connectivity index (χ1v) is 9.63. The number of hydrogen-bond acceptors (Lipinski definition) is 3. The Hall–Kier alpha value is -2.20. The number of benzene rings is 1. The molecular weight excluding hydrogens is 322 g/mol. The maximum absolute atomic E-state index is 12.6. The van der Waals surface area contributed by atoms with Crippen molar-refractivity contribution in [3.05, 3.63) is 66.0 Å². The van der Waals surface area contributed by atoms with E-state index in [0.29, 0.717) is 12.5 Å². The lowest BCUT2D eigenvalue weighted by atomic mass is 10.0. The molecule has 1 aliphatic heterocycles. The Kier molecular flexibility index (Phi) is 6.78. The van der Waals surface area contributed by atoms with Crippen molar-refractivity contribution in [3.63, 3.8) is 0 Å². The molecule has 1 aliphatic rings. The second-order valence-electron chi connectivity index (χ2n) is 7.19. The Bertz CT molecular complexity index is 674. The molecule has 1 saturated heterocycles. The number of rotatable bonds is 7. The number of nitrogens with zero attached hydrogens (tertiary/aromatic N) is 3. The van der Waals surface area contributed by atoms with Crippen LogP contribution in [0.2, 0.25) is 0 Å². The van der Waals surface area contributed by atoms with Gasteiger partial charge in [0.25, 0.3) is 0 Å². The molecule has 1 atom stereocenters. The molecule has 1 aromatic carbocycles. The SMILES string of the molecule is CN(C(=O)CCc1ccncc1)C1CCCN(CCc2ccccc2)C1. The van der Waals surface area contributed by atoms with Crippen molar-refractivity contribution in [2.45, 2.75) is 38.1 Å². The van der Waals surface area contributed by atoms with E-state index in [4.69, 9.17) is 0 Å². The fourth-order valence-corrected chi connectivity index (χ4v) is 3.66. The lowest BCUT2D eigenvalue weighted by molar-refractivity contribution is -0.133. The molecule has 0 spiro atoms. The molecule has 4 heteroatoms. The Morgan fingerprint density at radius 3 is 2.62 bits per heavy atom. The molecule has 2 aromatic rings. The Morgan fingerprint density at radius 2 is 1.85 bits per heavy atom. The summed E-state index contributed by atoms with van der Waals surface area (Å²) in [6.07, 6.45) is 8.29. The van der Waals surface area contributed by atoms with E-state index in [9.17, 15) is 4.79 Å². The van der Waals surface area contributed by atoms with Crippen molar-refractivity contribution in [2.24, 2.45) is 0 Å². The second kappa shape index (κ2) is 9.48. The van der Waals surface area contributed by atoms with Crippen molar-refractivity contribution in [1.82, 2.24) is 14.8 Å². The molecule has 1 amide bonds. The molecule has 0 aliphatic carbocycles. The molecule has 0 bridgehead atoms. The lowest BCUT2D eigenvalue weighted by Crippen LogP contribution is -2.49. The van der Waals surface area contributed by atoms with Gasteiger partial charge in [0.2, 0.25) is 5.91 Å². The van der Waals surface area contributed by atoms with E-state index >= 15 is 0 Å². The van der Waals surface area contributed by atoms with Gasteiger partial charge in [-0.2, -0.15) is 0 Å². The van der Waals surface area contributed by atoms with Crippen molar-refractivity contribution < 1.29 is 4.79 Å². The van der Waals surface area contributed by atoms with E-state index in [-0.39, 0.29) is 5.91 Å². The van der Waals surface area contributed by atoms with Crippen LogP contribution in [0.3, 0.4) is 0 Å². The first kappa shape index (κ1) is 18.6. The smallest absolute Gasteiger partial charge is 0.222 e. The van der Waals surface area contributed by atoms with Crippen LogP contribution in [0.25, 0.3) is 0 Å². The summed E-state index contributed by atoms with van der Waals surface area (Å²) in [5.74, 6) is 0.247. The number of amides is 1. The minimum atomic E-state index is 0.247. The third-order valence-corrected chi connectivity index (χ3v) is 5.36. The van der Waals surface area contributed by atoms with Gasteiger partial charge in [-0.25, -0.2) is 0 Å². The standard InChI is InChI=1S/C22H29N3O/c1-24(22(26)10-9-20-11-14-23-15-12-20)21-8-5-16-25(18-21)17-13-19-6-3-2-4-7-19/h2-4,6-7,11-12,14-15,21H,5,8-10,13,16-18H2,1H3. The number of aryl methyl sites for hydroxylation is 1. The first-order valence-electron chi connectivity index (χ1n) is 9.63. The number of pyridine rings is 1. The summed E-state index contributed by atoms with van der Waals surface area (Å²) in [5, 5.41) is 0. The highest BCUT2D eigenvalue weighted by atomic mass is 16.2. The average Bonchev–Trinajstić information content (AvgIpc) is 2.71. The van der Waals surface area contributed by atoms with Gasteiger partial charge in [0.05, 0.1) is 0 Å². The third kappa shape index (κ3) is 5.40. The van der Waals surface area contributed by atoms with Crippen molar-refractivity contribution in [3.8, 4) is 0 Å². The number of aromatic nitrogens is 1. The van der Waals surface area contributed by atoms with Gasteiger partial charge in [-0.1, -0.05) is 30.3 Å². The van der Waals surface area contributed by atoms with Gasteiger partial charge in [-0.15, -0.1) is 0 Å². The molecule has 1 fully saturated rings. The van der Waals surface area contributed by atoms with Crippen LogP contribution in [0, 0.1) is 0 Å². The molecule has 4 nitrogen and oxygen atoms in total. The predicted molar refractivity (Wildman–Crippen MR) is 105 cm³/mol. The molecule has 1 unspecified atom stereocenters. The Balaban J connectivity index is 1.46. The highest BCUT2D eigenvalue weighted by Gasteiger charge is 2.25. The van der Waals surface area contributed by atoms with Crippen LogP contribution >= 0.6 is 0 Å². The quantitative estimate of drug-likeness (QED) is 0.769. The van der Waals surface area contributed by atoms with Crippen molar-refractivity contribution in [1.29, 1.82) is 0 Å². The van der Waals surface area contributed by atoms with Gasteiger partial charge in [-0.05, 0) is 55.5 Å². The van der Waals surface area contributed by atoms with E-state index in [1.165, 1.54) is 17.5 Å². The van der Waals surface area contributed by atoms with Gasteiger partial charge in [0, 0.05) is 45.0 Å². The van der Waals surface area contributed by atoms with E-state index in [1.54, 1.807) is 12.4 Å². The molecule has 0 radical (unpaired) electrons. The Labute approximate surface area is 156 Å². The monoisotopic (exact) mass is 351 g/mol. The zero-order valence-corrected chi connectivity index (χ0v) is 15.7.